The summed E-state index contributed by atoms with van der Waals surface area (Å²) in [5.74, 6) is 0.648. The molecule has 0 bridgehead atoms. The van der Waals surface area contributed by atoms with Crippen molar-refractivity contribution in [2.24, 2.45) is 5.92 Å². The second-order valence-electron chi connectivity index (χ2n) is 5.57. The molecule has 0 aliphatic carbocycles. The van der Waals surface area contributed by atoms with E-state index in [1.54, 1.807) is 0 Å². The van der Waals surface area contributed by atoms with E-state index >= 15 is 0 Å². The molecule has 0 aromatic rings. The molecule has 2 atom stereocenters. The Kier molecular flexibility index (Phi) is 4.92. The van der Waals surface area contributed by atoms with E-state index in [1.807, 2.05) is 11.8 Å². The molecule has 2 aliphatic rings. The van der Waals surface area contributed by atoms with Crippen molar-refractivity contribution in [2.75, 3.05) is 46.5 Å². The van der Waals surface area contributed by atoms with Gasteiger partial charge in [0.1, 0.15) is 0 Å². The van der Waals surface area contributed by atoms with Crippen LogP contribution in [0.4, 0.5) is 0 Å². The van der Waals surface area contributed by atoms with Gasteiger partial charge in [-0.15, -0.1) is 0 Å². The van der Waals surface area contributed by atoms with E-state index < -0.39 is 0 Å². The van der Waals surface area contributed by atoms with Crippen LogP contribution in [-0.4, -0.2) is 73.5 Å². The highest BCUT2D eigenvalue weighted by molar-refractivity contribution is 7.99. The Hall–Kier alpha value is -0.260. The SMILES string of the molecule is CSC1CN(C(=O)C2CCNCC2)CC1N(C)C. The molecule has 0 saturated carbocycles. The van der Waals surface area contributed by atoms with Gasteiger partial charge < -0.3 is 15.1 Å². The minimum Gasteiger partial charge on any atom is -0.340 e. The lowest BCUT2D eigenvalue weighted by Gasteiger charge is -2.27. The number of nitrogens with one attached hydrogen (secondary N) is 1. The number of hydrogen-bond acceptors (Lipinski definition) is 4. The van der Waals surface area contributed by atoms with Gasteiger partial charge in [-0.2, -0.15) is 11.8 Å². The number of rotatable bonds is 3. The van der Waals surface area contributed by atoms with E-state index in [9.17, 15) is 4.79 Å². The molecule has 2 unspecified atom stereocenters. The van der Waals surface area contributed by atoms with Gasteiger partial charge in [-0.3, -0.25) is 4.79 Å². The zero-order chi connectivity index (χ0) is 13.1. The van der Waals surface area contributed by atoms with Gasteiger partial charge in [-0.25, -0.2) is 0 Å². The van der Waals surface area contributed by atoms with Crippen LogP contribution in [0.25, 0.3) is 0 Å². The Bertz CT molecular complexity index is 292. The molecule has 0 aromatic carbocycles. The highest BCUT2D eigenvalue weighted by Crippen LogP contribution is 2.26. The van der Waals surface area contributed by atoms with Crippen LogP contribution in [0.2, 0.25) is 0 Å². The second kappa shape index (κ2) is 6.26. The number of likely N-dealkylation sites (N-methyl/N-ethyl adjacent to an activating group) is 1. The smallest absolute Gasteiger partial charge is 0.225 e. The Balaban J connectivity index is 1.95. The highest BCUT2D eigenvalue weighted by Gasteiger charge is 2.38. The fraction of sp³-hybridized carbons (Fsp3) is 0.923. The van der Waals surface area contributed by atoms with Crippen LogP contribution in [0, 0.1) is 5.92 Å². The average molecular weight is 271 g/mol. The predicted molar refractivity (Wildman–Crippen MR) is 77.0 cm³/mol. The Labute approximate surface area is 114 Å². The van der Waals surface area contributed by atoms with E-state index in [-0.39, 0.29) is 5.92 Å². The Morgan fingerprint density at radius 3 is 2.44 bits per heavy atom. The number of carbonyl (C=O) groups excluding carboxylic acids is 1. The summed E-state index contributed by atoms with van der Waals surface area (Å²) < 4.78 is 0. The predicted octanol–water partition coefficient (Wildman–Crippen LogP) is 0.490. The van der Waals surface area contributed by atoms with Crippen LogP contribution >= 0.6 is 11.8 Å². The van der Waals surface area contributed by atoms with Crippen LogP contribution < -0.4 is 5.32 Å². The van der Waals surface area contributed by atoms with Crippen molar-refractivity contribution in [3.8, 4) is 0 Å². The van der Waals surface area contributed by atoms with E-state index in [1.165, 1.54) is 0 Å². The van der Waals surface area contributed by atoms with Crippen molar-refractivity contribution in [2.45, 2.75) is 24.1 Å². The summed E-state index contributed by atoms with van der Waals surface area (Å²) in [6.07, 6.45) is 4.16. The van der Waals surface area contributed by atoms with Crippen LogP contribution in [0.5, 0.6) is 0 Å². The van der Waals surface area contributed by atoms with Crippen molar-refractivity contribution < 1.29 is 4.79 Å². The van der Waals surface area contributed by atoms with Gasteiger partial charge in [0.25, 0.3) is 0 Å². The maximum absolute atomic E-state index is 12.5. The number of piperidine rings is 1. The molecular weight excluding hydrogens is 246 g/mol. The van der Waals surface area contributed by atoms with Crippen molar-refractivity contribution >= 4 is 17.7 Å². The number of nitrogens with zero attached hydrogens (tertiary/aromatic N) is 2. The first kappa shape index (κ1) is 14.2. The molecule has 0 radical (unpaired) electrons. The molecule has 0 spiro atoms. The number of thioether (sulfide) groups is 1. The summed E-state index contributed by atoms with van der Waals surface area (Å²) in [7, 11) is 4.23. The third-order valence-corrected chi connectivity index (χ3v) is 5.27. The largest absolute Gasteiger partial charge is 0.340 e. The summed E-state index contributed by atoms with van der Waals surface area (Å²) in [4.78, 5) is 16.9. The highest BCUT2D eigenvalue weighted by atomic mass is 32.2. The maximum atomic E-state index is 12.5. The van der Waals surface area contributed by atoms with Crippen LogP contribution in [0.15, 0.2) is 0 Å². The monoisotopic (exact) mass is 271 g/mol. The quantitative estimate of drug-likeness (QED) is 0.810. The maximum Gasteiger partial charge on any atom is 0.225 e. The van der Waals surface area contributed by atoms with Crippen molar-refractivity contribution in [1.82, 2.24) is 15.1 Å². The lowest BCUT2D eigenvalue weighted by molar-refractivity contribution is -0.135. The number of amides is 1. The van der Waals surface area contributed by atoms with Gasteiger partial charge in [0, 0.05) is 30.3 Å². The summed E-state index contributed by atoms with van der Waals surface area (Å²) in [6, 6.07) is 0.505. The van der Waals surface area contributed by atoms with E-state index in [0.29, 0.717) is 17.2 Å². The van der Waals surface area contributed by atoms with Gasteiger partial charge >= 0.3 is 0 Å². The van der Waals surface area contributed by atoms with Crippen molar-refractivity contribution in [3.63, 3.8) is 0 Å². The van der Waals surface area contributed by atoms with Crippen LogP contribution in [-0.2, 0) is 4.79 Å². The summed E-state index contributed by atoms with van der Waals surface area (Å²) in [6.45, 7) is 3.81. The molecule has 0 aromatic heterocycles. The van der Waals surface area contributed by atoms with Gasteiger partial charge in [-0.1, -0.05) is 0 Å². The molecule has 2 rings (SSSR count). The van der Waals surface area contributed by atoms with Gasteiger partial charge in [-0.05, 0) is 46.3 Å². The second-order valence-corrected chi connectivity index (χ2v) is 6.65. The fourth-order valence-corrected chi connectivity index (χ4v) is 3.96. The molecule has 18 heavy (non-hydrogen) atoms. The molecule has 2 aliphatic heterocycles. The van der Waals surface area contributed by atoms with Crippen LogP contribution in [0.1, 0.15) is 12.8 Å². The van der Waals surface area contributed by atoms with E-state index in [0.717, 1.165) is 39.0 Å². The first-order chi connectivity index (χ1) is 8.63. The number of likely N-dealkylation sites (tertiary alicyclic amines) is 1. The molecule has 1 N–H and O–H groups in total. The Morgan fingerprint density at radius 2 is 1.94 bits per heavy atom. The van der Waals surface area contributed by atoms with Crippen molar-refractivity contribution in [3.05, 3.63) is 0 Å². The lowest BCUT2D eigenvalue weighted by Crippen LogP contribution is -2.41. The third kappa shape index (κ3) is 3.00. The van der Waals surface area contributed by atoms with E-state index in [4.69, 9.17) is 0 Å². The van der Waals surface area contributed by atoms with Crippen molar-refractivity contribution in [1.29, 1.82) is 0 Å². The summed E-state index contributed by atoms with van der Waals surface area (Å²) in [5.41, 5.74) is 0. The molecule has 104 valence electrons. The summed E-state index contributed by atoms with van der Waals surface area (Å²) in [5, 5.41) is 3.88. The molecule has 5 heteroatoms. The molecule has 1 amide bonds. The topological polar surface area (TPSA) is 35.6 Å². The number of carbonyl (C=O) groups is 1. The minimum atomic E-state index is 0.259. The Morgan fingerprint density at radius 1 is 1.28 bits per heavy atom. The lowest BCUT2D eigenvalue weighted by atomic mass is 9.97. The first-order valence-corrected chi connectivity index (χ1v) is 8.11. The van der Waals surface area contributed by atoms with Gasteiger partial charge in [0.05, 0.1) is 0 Å². The summed E-state index contributed by atoms with van der Waals surface area (Å²) >= 11 is 1.89. The average Bonchev–Trinajstić information content (AvgIpc) is 2.83. The van der Waals surface area contributed by atoms with Gasteiger partial charge in [0.15, 0.2) is 0 Å². The fourth-order valence-electron chi connectivity index (χ4n) is 2.99. The third-order valence-electron chi connectivity index (χ3n) is 4.20. The van der Waals surface area contributed by atoms with E-state index in [2.05, 4.69) is 35.5 Å². The zero-order valence-electron chi connectivity index (χ0n) is 11.7. The standard InChI is InChI=1S/C13H25N3OS/c1-15(2)11-8-16(9-12(11)18-3)13(17)10-4-6-14-7-5-10/h10-12,14H,4-9H2,1-3H3. The minimum absolute atomic E-state index is 0.259. The van der Waals surface area contributed by atoms with Crippen LogP contribution in [0.3, 0.4) is 0 Å². The number of hydrogen-bond donors (Lipinski definition) is 1. The zero-order valence-corrected chi connectivity index (χ0v) is 12.5. The molecule has 2 saturated heterocycles. The molecule has 2 heterocycles. The van der Waals surface area contributed by atoms with Gasteiger partial charge in [0.2, 0.25) is 5.91 Å². The normalized spacial score (nSPS) is 30.1. The molecular formula is C13H25N3OS. The first-order valence-electron chi connectivity index (χ1n) is 6.82. The molecule has 2 fully saturated rings. The molecule has 4 nitrogen and oxygen atoms in total.